The fourth-order valence-corrected chi connectivity index (χ4v) is 4.86. The van der Waals surface area contributed by atoms with Crippen LogP contribution in [0.15, 0.2) is 11.6 Å². The molecular weight excluding hydrogens is 268 g/mol. The highest BCUT2D eigenvalue weighted by Crippen LogP contribution is 2.38. The number of hydrogen-bond donors (Lipinski definition) is 1. The SMILES string of the molecule is NCc1c(N2CCCC3CCCCC32)nc2sccn12. The molecular formula is C15H22N4S. The van der Waals surface area contributed by atoms with Crippen LogP contribution < -0.4 is 10.6 Å². The third kappa shape index (κ3) is 1.87. The molecule has 1 saturated heterocycles. The van der Waals surface area contributed by atoms with Gasteiger partial charge >= 0.3 is 0 Å². The summed E-state index contributed by atoms with van der Waals surface area (Å²) in [4.78, 5) is 8.55. The minimum atomic E-state index is 0.571. The predicted octanol–water partition coefficient (Wildman–Crippen LogP) is 3.01. The lowest BCUT2D eigenvalue weighted by molar-refractivity contribution is 0.242. The van der Waals surface area contributed by atoms with Crippen molar-refractivity contribution in [2.24, 2.45) is 11.7 Å². The number of hydrogen-bond acceptors (Lipinski definition) is 4. The number of fused-ring (bicyclic) bond motifs is 2. The molecule has 20 heavy (non-hydrogen) atoms. The first kappa shape index (κ1) is 12.7. The monoisotopic (exact) mass is 290 g/mol. The van der Waals surface area contributed by atoms with E-state index in [-0.39, 0.29) is 0 Å². The molecule has 4 rings (SSSR count). The van der Waals surface area contributed by atoms with Crippen LogP contribution in [0.1, 0.15) is 44.2 Å². The summed E-state index contributed by atoms with van der Waals surface area (Å²) in [6.45, 7) is 1.72. The highest BCUT2D eigenvalue weighted by Gasteiger charge is 2.35. The van der Waals surface area contributed by atoms with E-state index in [4.69, 9.17) is 10.7 Å². The molecule has 1 aliphatic carbocycles. The zero-order chi connectivity index (χ0) is 13.5. The second-order valence-corrected chi connectivity index (χ2v) is 6.96. The summed E-state index contributed by atoms with van der Waals surface area (Å²) < 4.78 is 2.17. The topological polar surface area (TPSA) is 46.6 Å². The largest absolute Gasteiger partial charge is 0.352 e. The highest BCUT2D eigenvalue weighted by molar-refractivity contribution is 7.15. The maximum atomic E-state index is 6.01. The van der Waals surface area contributed by atoms with Gasteiger partial charge in [-0.25, -0.2) is 4.98 Å². The summed E-state index contributed by atoms with van der Waals surface area (Å²) in [5.41, 5.74) is 7.20. The molecule has 108 valence electrons. The van der Waals surface area contributed by atoms with Gasteiger partial charge in [-0.3, -0.25) is 4.40 Å². The number of nitrogens with two attached hydrogens (primary N) is 1. The van der Waals surface area contributed by atoms with E-state index in [1.807, 2.05) is 0 Å². The standard InChI is InChI=1S/C15H22N4S/c16-10-13-14(17-15-19(13)8-9-20-15)18-7-3-5-11-4-1-2-6-12(11)18/h8-9,11-12H,1-7,10,16H2. The molecule has 2 N–H and O–H groups in total. The Labute approximate surface area is 123 Å². The van der Waals surface area contributed by atoms with Crippen LogP contribution in [0.25, 0.3) is 4.96 Å². The molecule has 2 aliphatic rings. The van der Waals surface area contributed by atoms with E-state index in [9.17, 15) is 0 Å². The van der Waals surface area contributed by atoms with Gasteiger partial charge in [-0.05, 0) is 31.6 Å². The maximum absolute atomic E-state index is 6.01. The first-order valence-electron chi connectivity index (χ1n) is 7.79. The third-order valence-corrected chi connectivity index (χ3v) is 5.81. The van der Waals surface area contributed by atoms with Crippen molar-refractivity contribution in [1.82, 2.24) is 9.38 Å². The number of imidazole rings is 1. The Kier molecular flexibility index (Phi) is 3.19. The molecule has 0 amide bonds. The summed E-state index contributed by atoms with van der Waals surface area (Å²) in [5.74, 6) is 2.04. The van der Waals surface area contributed by atoms with Gasteiger partial charge in [0.25, 0.3) is 0 Å². The zero-order valence-corrected chi connectivity index (χ0v) is 12.6. The van der Waals surface area contributed by atoms with E-state index in [1.165, 1.54) is 44.2 Å². The van der Waals surface area contributed by atoms with Crippen LogP contribution in [0.2, 0.25) is 0 Å². The summed E-state index contributed by atoms with van der Waals surface area (Å²) in [6.07, 6.45) is 10.3. The van der Waals surface area contributed by atoms with Gasteiger partial charge in [-0.2, -0.15) is 0 Å². The summed E-state index contributed by atoms with van der Waals surface area (Å²) in [6, 6.07) is 0.701. The van der Waals surface area contributed by atoms with E-state index in [2.05, 4.69) is 20.9 Å². The van der Waals surface area contributed by atoms with Gasteiger partial charge in [0.05, 0.1) is 5.69 Å². The van der Waals surface area contributed by atoms with E-state index in [1.54, 1.807) is 11.3 Å². The molecule has 1 saturated carbocycles. The van der Waals surface area contributed by atoms with Crippen LogP contribution in [0, 0.1) is 5.92 Å². The normalized spacial score (nSPS) is 26.9. The van der Waals surface area contributed by atoms with E-state index < -0.39 is 0 Å². The van der Waals surface area contributed by atoms with Crippen LogP contribution >= 0.6 is 11.3 Å². The molecule has 2 unspecified atom stereocenters. The number of piperidine rings is 1. The molecule has 5 heteroatoms. The smallest absolute Gasteiger partial charge is 0.195 e. The van der Waals surface area contributed by atoms with Gasteiger partial charge in [0.1, 0.15) is 0 Å². The van der Waals surface area contributed by atoms with Crippen molar-refractivity contribution in [1.29, 1.82) is 0 Å². The Morgan fingerprint density at radius 1 is 1.25 bits per heavy atom. The number of nitrogens with zero attached hydrogens (tertiary/aromatic N) is 3. The van der Waals surface area contributed by atoms with Gasteiger partial charge in [0, 0.05) is 30.7 Å². The van der Waals surface area contributed by atoms with Crippen LogP contribution in [0.3, 0.4) is 0 Å². The predicted molar refractivity (Wildman–Crippen MR) is 83.3 cm³/mol. The van der Waals surface area contributed by atoms with Crippen molar-refractivity contribution < 1.29 is 0 Å². The van der Waals surface area contributed by atoms with Crippen molar-refractivity contribution in [3.63, 3.8) is 0 Å². The van der Waals surface area contributed by atoms with E-state index >= 15 is 0 Å². The number of aromatic nitrogens is 2. The minimum absolute atomic E-state index is 0.571. The molecule has 2 fully saturated rings. The van der Waals surface area contributed by atoms with Crippen LogP contribution in [-0.4, -0.2) is 22.0 Å². The van der Waals surface area contributed by atoms with Crippen LogP contribution in [-0.2, 0) is 6.54 Å². The molecule has 2 aromatic heterocycles. The quantitative estimate of drug-likeness (QED) is 0.925. The first-order valence-corrected chi connectivity index (χ1v) is 8.67. The molecule has 1 aliphatic heterocycles. The van der Waals surface area contributed by atoms with E-state index in [0.29, 0.717) is 12.6 Å². The average Bonchev–Trinajstić information content (AvgIpc) is 3.06. The number of rotatable bonds is 2. The lowest BCUT2D eigenvalue weighted by Crippen LogP contribution is -2.47. The Bertz CT molecular complexity index is 600. The van der Waals surface area contributed by atoms with Gasteiger partial charge < -0.3 is 10.6 Å². The Balaban J connectivity index is 1.74. The molecule has 4 nitrogen and oxygen atoms in total. The second-order valence-electron chi connectivity index (χ2n) is 6.09. The fourth-order valence-electron chi connectivity index (χ4n) is 4.13. The molecule has 0 aromatic carbocycles. The molecule has 3 heterocycles. The van der Waals surface area contributed by atoms with Gasteiger partial charge in [-0.1, -0.05) is 12.8 Å². The Hall–Kier alpha value is -1.07. The first-order chi connectivity index (χ1) is 9.88. The van der Waals surface area contributed by atoms with Crippen molar-refractivity contribution in [3.05, 3.63) is 17.3 Å². The zero-order valence-electron chi connectivity index (χ0n) is 11.8. The average molecular weight is 290 g/mol. The molecule has 2 aromatic rings. The van der Waals surface area contributed by atoms with Gasteiger partial charge in [0.15, 0.2) is 10.8 Å². The highest BCUT2D eigenvalue weighted by atomic mass is 32.1. The third-order valence-electron chi connectivity index (χ3n) is 5.05. The van der Waals surface area contributed by atoms with Gasteiger partial charge in [-0.15, -0.1) is 11.3 Å². The molecule has 0 spiro atoms. The number of anilines is 1. The van der Waals surface area contributed by atoms with Crippen molar-refractivity contribution in [3.8, 4) is 0 Å². The van der Waals surface area contributed by atoms with Crippen LogP contribution in [0.4, 0.5) is 5.82 Å². The second kappa shape index (κ2) is 5.04. The van der Waals surface area contributed by atoms with Crippen molar-refractivity contribution >= 4 is 22.1 Å². The molecule has 0 bridgehead atoms. The summed E-state index contributed by atoms with van der Waals surface area (Å²) in [7, 11) is 0. The van der Waals surface area contributed by atoms with Gasteiger partial charge in [0.2, 0.25) is 0 Å². The van der Waals surface area contributed by atoms with Crippen molar-refractivity contribution in [2.45, 2.75) is 51.1 Å². The fraction of sp³-hybridized carbons (Fsp3) is 0.667. The Morgan fingerprint density at radius 2 is 2.10 bits per heavy atom. The molecule has 2 atom stereocenters. The van der Waals surface area contributed by atoms with Crippen LogP contribution in [0.5, 0.6) is 0 Å². The lowest BCUT2D eigenvalue weighted by Gasteiger charge is -2.44. The minimum Gasteiger partial charge on any atom is -0.352 e. The maximum Gasteiger partial charge on any atom is 0.195 e. The van der Waals surface area contributed by atoms with Crippen molar-refractivity contribution in [2.75, 3.05) is 11.4 Å². The number of thiazole rings is 1. The molecule has 0 radical (unpaired) electrons. The lowest BCUT2D eigenvalue weighted by atomic mass is 9.78. The van der Waals surface area contributed by atoms with E-state index in [0.717, 1.165) is 23.2 Å². The summed E-state index contributed by atoms with van der Waals surface area (Å²) >= 11 is 1.70. The Morgan fingerprint density at radius 3 is 3.00 bits per heavy atom. The summed E-state index contributed by atoms with van der Waals surface area (Å²) in [5, 5.41) is 2.09.